The van der Waals surface area contributed by atoms with Crippen LogP contribution in [-0.4, -0.2) is 25.8 Å². The van der Waals surface area contributed by atoms with Crippen molar-refractivity contribution in [1.82, 2.24) is 5.32 Å². The van der Waals surface area contributed by atoms with Gasteiger partial charge in [-0.25, -0.2) is 0 Å². The average Bonchev–Trinajstić information content (AvgIpc) is 2.07. The SMILES string of the molecule is CCOCCC1CCCCN1. The Balaban J connectivity index is 1.96. The van der Waals surface area contributed by atoms with Gasteiger partial charge in [-0.15, -0.1) is 0 Å². The van der Waals surface area contributed by atoms with E-state index < -0.39 is 0 Å². The van der Waals surface area contributed by atoms with Gasteiger partial charge in [0.25, 0.3) is 0 Å². The van der Waals surface area contributed by atoms with Crippen LogP contribution in [0.2, 0.25) is 0 Å². The van der Waals surface area contributed by atoms with E-state index in [0.717, 1.165) is 19.3 Å². The first-order chi connectivity index (χ1) is 5.43. The topological polar surface area (TPSA) is 21.3 Å². The second-order valence-corrected chi connectivity index (χ2v) is 3.13. The summed E-state index contributed by atoms with van der Waals surface area (Å²) >= 11 is 0. The Kier molecular flexibility index (Phi) is 4.55. The number of nitrogens with one attached hydrogen (secondary N) is 1. The standard InChI is InChI=1S/C9H19NO/c1-2-11-8-6-9-5-3-4-7-10-9/h9-10H,2-8H2,1H3. The summed E-state index contributed by atoms with van der Waals surface area (Å²) in [5.41, 5.74) is 0. The third-order valence-corrected chi connectivity index (χ3v) is 2.23. The fourth-order valence-corrected chi connectivity index (χ4v) is 1.54. The van der Waals surface area contributed by atoms with Crippen molar-refractivity contribution in [2.75, 3.05) is 19.8 Å². The van der Waals surface area contributed by atoms with Crippen LogP contribution in [0.15, 0.2) is 0 Å². The van der Waals surface area contributed by atoms with Gasteiger partial charge in [0.05, 0.1) is 0 Å². The molecule has 11 heavy (non-hydrogen) atoms. The Morgan fingerprint density at radius 3 is 3.00 bits per heavy atom. The summed E-state index contributed by atoms with van der Waals surface area (Å²) in [6.45, 7) is 5.03. The zero-order chi connectivity index (χ0) is 7.94. The minimum atomic E-state index is 0.732. The predicted molar refractivity (Wildman–Crippen MR) is 46.8 cm³/mol. The van der Waals surface area contributed by atoms with Gasteiger partial charge in [-0.3, -0.25) is 0 Å². The predicted octanol–water partition coefficient (Wildman–Crippen LogP) is 1.56. The Labute approximate surface area is 69.3 Å². The van der Waals surface area contributed by atoms with E-state index >= 15 is 0 Å². The molecule has 1 rings (SSSR count). The lowest BCUT2D eigenvalue weighted by molar-refractivity contribution is 0.133. The van der Waals surface area contributed by atoms with Crippen LogP contribution in [0.5, 0.6) is 0 Å². The fraction of sp³-hybridized carbons (Fsp3) is 1.00. The Hall–Kier alpha value is -0.0800. The molecule has 1 aliphatic rings. The molecule has 0 amide bonds. The lowest BCUT2D eigenvalue weighted by atomic mass is 10.0. The number of ether oxygens (including phenoxy) is 1. The van der Waals surface area contributed by atoms with Gasteiger partial charge in [-0.1, -0.05) is 6.42 Å². The molecule has 0 aromatic rings. The van der Waals surface area contributed by atoms with Crippen LogP contribution in [0.25, 0.3) is 0 Å². The molecule has 1 saturated heterocycles. The molecule has 0 spiro atoms. The molecule has 0 radical (unpaired) electrons. The fourth-order valence-electron chi connectivity index (χ4n) is 1.54. The maximum Gasteiger partial charge on any atom is 0.0480 e. The number of hydrogen-bond donors (Lipinski definition) is 1. The highest BCUT2D eigenvalue weighted by Gasteiger charge is 2.10. The van der Waals surface area contributed by atoms with E-state index in [-0.39, 0.29) is 0 Å². The van der Waals surface area contributed by atoms with Gasteiger partial charge in [-0.05, 0) is 32.7 Å². The van der Waals surface area contributed by atoms with Crippen molar-refractivity contribution in [3.63, 3.8) is 0 Å². The van der Waals surface area contributed by atoms with Crippen molar-refractivity contribution in [3.8, 4) is 0 Å². The van der Waals surface area contributed by atoms with Gasteiger partial charge >= 0.3 is 0 Å². The first-order valence-electron chi connectivity index (χ1n) is 4.74. The van der Waals surface area contributed by atoms with E-state index in [1.54, 1.807) is 0 Å². The van der Waals surface area contributed by atoms with E-state index in [1.165, 1.54) is 32.2 Å². The third-order valence-electron chi connectivity index (χ3n) is 2.23. The Morgan fingerprint density at radius 1 is 1.45 bits per heavy atom. The van der Waals surface area contributed by atoms with Crippen molar-refractivity contribution >= 4 is 0 Å². The van der Waals surface area contributed by atoms with Crippen LogP contribution in [0.4, 0.5) is 0 Å². The van der Waals surface area contributed by atoms with Crippen molar-refractivity contribution in [3.05, 3.63) is 0 Å². The average molecular weight is 157 g/mol. The Morgan fingerprint density at radius 2 is 2.36 bits per heavy atom. The van der Waals surface area contributed by atoms with Crippen LogP contribution in [0.3, 0.4) is 0 Å². The summed E-state index contributed by atoms with van der Waals surface area (Å²) in [5.74, 6) is 0. The summed E-state index contributed by atoms with van der Waals surface area (Å²) in [6.07, 6.45) is 5.27. The molecule has 0 bridgehead atoms. The number of hydrogen-bond acceptors (Lipinski definition) is 2. The first kappa shape index (κ1) is 9.01. The lowest BCUT2D eigenvalue weighted by Gasteiger charge is -2.22. The largest absolute Gasteiger partial charge is 0.382 e. The van der Waals surface area contributed by atoms with Gasteiger partial charge in [-0.2, -0.15) is 0 Å². The number of piperidine rings is 1. The second-order valence-electron chi connectivity index (χ2n) is 3.13. The first-order valence-corrected chi connectivity index (χ1v) is 4.74. The van der Waals surface area contributed by atoms with Gasteiger partial charge in [0.15, 0.2) is 0 Å². The summed E-state index contributed by atoms with van der Waals surface area (Å²) in [6, 6.07) is 0.732. The molecule has 1 atom stereocenters. The number of rotatable bonds is 4. The van der Waals surface area contributed by atoms with Crippen molar-refractivity contribution in [2.45, 2.75) is 38.6 Å². The maximum atomic E-state index is 5.30. The van der Waals surface area contributed by atoms with Crippen LogP contribution < -0.4 is 5.32 Å². The molecule has 0 aromatic heterocycles. The van der Waals surface area contributed by atoms with Crippen molar-refractivity contribution < 1.29 is 4.74 Å². The Bertz CT molecular complexity index is 89.6. The van der Waals surface area contributed by atoms with Crippen LogP contribution in [0.1, 0.15) is 32.6 Å². The molecule has 2 nitrogen and oxygen atoms in total. The molecule has 1 N–H and O–H groups in total. The molecule has 0 saturated carbocycles. The minimum absolute atomic E-state index is 0.732. The van der Waals surface area contributed by atoms with Crippen LogP contribution in [0, 0.1) is 0 Å². The molecule has 0 aromatic carbocycles. The lowest BCUT2D eigenvalue weighted by Crippen LogP contribution is -2.34. The smallest absolute Gasteiger partial charge is 0.0480 e. The highest BCUT2D eigenvalue weighted by molar-refractivity contribution is 4.71. The van der Waals surface area contributed by atoms with Crippen LogP contribution >= 0.6 is 0 Å². The van der Waals surface area contributed by atoms with E-state index in [2.05, 4.69) is 5.32 Å². The molecule has 2 heteroatoms. The minimum Gasteiger partial charge on any atom is -0.382 e. The van der Waals surface area contributed by atoms with Gasteiger partial charge < -0.3 is 10.1 Å². The molecule has 66 valence electrons. The van der Waals surface area contributed by atoms with E-state index in [4.69, 9.17) is 4.74 Å². The van der Waals surface area contributed by atoms with Crippen LogP contribution in [-0.2, 0) is 4.74 Å². The quantitative estimate of drug-likeness (QED) is 0.625. The molecule has 0 aliphatic carbocycles. The third kappa shape index (κ3) is 3.73. The molecule has 1 unspecified atom stereocenters. The second kappa shape index (κ2) is 5.56. The summed E-state index contributed by atoms with van der Waals surface area (Å²) in [7, 11) is 0. The normalized spacial score (nSPS) is 25.4. The highest BCUT2D eigenvalue weighted by Crippen LogP contribution is 2.09. The van der Waals surface area contributed by atoms with Gasteiger partial charge in [0, 0.05) is 19.3 Å². The van der Waals surface area contributed by atoms with E-state index in [0.29, 0.717) is 0 Å². The maximum absolute atomic E-state index is 5.30. The van der Waals surface area contributed by atoms with Crippen molar-refractivity contribution in [1.29, 1.82) is 0 Å². The van der Waals surface area contributed by atoms with E-state index in [9.17, 15) is 0 Å². The van der Waals surface area contributed by atoms with Gasteiger partial charge in [0.1, 0.15) is 0 Å². The molecule has 1 heterocycles. The zero-order valence-electron chi connectivity index (χ0n) is 7.44. The summed E-state index contributed by atoms with van der Waals surface area (Å²) in [4.78, 5) is 0. The summed E-state index contributed by atoms with van der Waals surface area (Å²) in [5, 5.41) is 3.50. The molecule has 1 fully saturated rings. The highest BCUT2D eigenvalue weighted by atomic mass is 16.5. The van der Waals surface area contributed by atoms with Crippen molar-refractivity contribution in [2.24, 2.45) is 0 Å². The molecular weight excluding hydrogens is 138 g/mol. The molecular formula is C9H19NO. The van der Waals surface area contributed by atoms with E-state index in [1.807, 2.05) is 6.92 Å². The zero-order valence-corrected chi connectivity index (χ0v) is 7.44. The monoisotopic (exact) mass is 157 g/mol. The summed E-state index contributed by atoms with van der Waals surface area (Å²) < 4.78 is 5.30. The molecule has 1 aliphatic heterocycles. The van der Waals surface area contributed by atoms with Gasteiger partial charge in [0.2, 0.25) is 0 Å².